The lowest BCUT2D eigenvalue weighted by molar-refractivity contribution is 0.135. The van der Waals surface area contributed by atoms with Crippen LogP contribution in [0, 0.1) is 5.92 Å². The molecule has 0 aromatic heterocycles. The summed E-state index contributed by atoms with van der Waals surface area (Å²) in [7, 11) is 0. The van der Waals surface area contributed by atoms with Crippen molar-refractivity contribution in [1.82, 2.24) is 5.32 Å². The van der Waals surface area contributed by atoms with Crippen molar-refractivity contribution in [3.8, 4) is 11.1 Å². The lowest BCUT2D eigenvalue weighted by Gasteiger charge is -2.21. The van der Waals surface area contributed by atoms with Gasteiger partial charge in [0.1, 0.15) is 6.61 Å². The summed E-state index contributed by atoms with van der Waals surface area (Å²) in [5.41, 5.74) is 4.87. The molecular formula is C22H27NO3. The van der Waals surface area contributed by atoms with E-state index in [1.807, 2.05) is 38.1 Å². The van der Waals surface area contributed by atoms with E-state index in [-0.39, 0.29) is 30.6 Å². The average Bonchev–Trinajstić information content (AvgIpc) is 2.99. The molecule has 4 nitrogen and oxygen atoms in total. The maximum absolute atomic E-state index is 12.3. The smallest absolute Gasteiger partial charge is 0.407 e. The molecule has 0 radical (unpaired) electrons. The highest BCUT2D eigenvalue weighted by atomic mass is 16.5. The van der Waals surface area contributed by atoms with E-state index in [0.717, 1.165) is 12.8 Å². The van der Waals surface area contributed by atoms with Gasteiger partial charge in [-0.3, -0.25) is 0 Å². The third-order valence-corrected chi connectivity index (χ3v) is 5.16. The van der Waals surface area contributed by atoms with Crippen molar-refractivity contribution in [2.24, 2.45) is 5.92 Å². The molecule has 2 N–H and O–H groups in total. The van der Waals surface area contributed by atoms with Gasteiger partial charge >= 0.3 is 6.09 Å². The van der Waals surface area contributed by atoms with Crippen molar-refractivity contribution in [3.63, 3.8) is 0 Å². The number of carbonyl (C=O) groups is 1. The third kappa shape index (κ3) is 3.91. The van der Waals surface area contributed by atoms with Crippen LogP contribution in [0.3, 0.4) is 0 Å². The van der Waals surface area contributed by atoms with Gasteiger partial charge in [0.2, 0.25) is 0 Å². The minimum absolute atomic E-state index is 0.0211. The maximum atomic E-state index is 12.3. The first-order chi connectivity index (χ1) is 12.6. The molecule has 2 atom stereocenters. The van der Waals surface area contributed by atoms with E-state index in [1.165, 1.54) is 22.3 Å². The Hall–Kier alpha value is -2.33. The number of benzene rings is 2. The first kappa shape index (κ1) is 18.5. The molecular weight excluding hydrogens is 326 g/mol. The Labute approximate surface area is 155 Å². The fourth-order valence-electron chi connectivity index (χ4n) is 3.69. The Bertz CT molecular complexity index is 713. The van der Waals surface area contributed by atoms with Gasteiger partial charge < -0.3 is 15.2 Å². The van der Waals surface area contributed by atoms with Crippen LogP contribution in [0.15, 0.2) is 48.5 Å². The monoisotopic (exact) mass is 353 g/mol. The minimum atomic E-state index is -0.385. The summed E-state index contributed by atoms with van der Waals surface area (Å²) in [4.78, 5) is 12.3. The lowest BCUT2D eigenvalue weighted by atomic mass is 9.98. The normalized spacial score (nSPS) is 15.0. The summed E-state index contributed by atoms with van der Waals surface area (Å²) in [5.74, 6) is 0.235. The van der Waals surface area contributed by atoms with Gasteiger partial charge in [0.25, 0.3) is 0 Å². The first-order valence-corrected chi connectivity index (χ1v) is 9.36. The standard InChI is InChI=1S/C22H27NO3/c1-3-16(12-15(2)13-24)23-22(25)26-14-21-19-10-6-4-8-17(19)18-9-5-7-11-20(18)21/h4-11,15-16,21,24H,3,12-14H2,1-2H3,(H,23,25). The van der Waals surface area contributed by atoms with E-state index in [2.05, 4.69) is 29.6 Å². The Kier molecular flexibility index (Phi) is 5.94. The molecule has 138 valence electrons. The van der Waals surface area contributed by atoms with Crippen molar-refractivity contribution in [1.29, 1.82) is 0 Å². The van der Waals surface area contributed by atoms with Crippen molar-refractivity contribution in [2.75, 3.05) is 13.2 Å². The van der Waals surface area contributed by atoms with Crippen molar-refractivity contribution in [3.05, 3.63) is 59.7 Å². The quantitative estimate of drug-likeness (QED) is 0.779. The van der Waals surface area contributed by atoms with Crippen molar-refractivity contribution < 1.29 is 14.6 Å². The zero-order valence-corrected chi connectivity index (χ0v) is 15.4. The molecule has 0 spiro atoms. The number of fused-ring (bicyclic) bond motifs is 3. The van der Waals surface area contributed by atoms with E-state index in [1.54, 1.807) is 0 Å². The number of aliphatic hydroxyl groups excluding tert-OH is 1. The molecule has 3 rings (SSSR count). The SMILES string of the molecule is CCC(CC(C)CO)NC(=O)OCC1c2ccccc2-c2ccccc21. The summed E-state index contributed by atoms with van der Waals surface area (Å²) in [5, 5.41) is 12.1. The van der Waals surface area contributed by atoms with Crippen LogP contribution in [-0.2, 0) is 4.74 Å². The molecule has 0 fully saturated rings. The van der Waals surface area contributed by atoms with E-state index in [0.29, 0.717) is 6.61 Å². The summed E-state index contributed by atoms with van der Waals surface area (Å²) in [6, 6.07) is 16.6. The fourth-order valence-corrected chi connectivity index (χ4v) is 3.69. The highest BCUT2D eigenvalue weighted by Gasteiger charge is 2.29. The van der Waals surface area contributed by atoms with Crippen LogP contribution in [0.25, 0.3) is 11.1 Å². The molecule has 0 heterocycles. The molecule has 2 unspecified atom stereocenters. The van der Waals surface area contributed by atoms with E-state index < -0.39 is 0 Å². The molecule has 2 aromatic rings. The van der Waals surface area contributed by atoms with Gasteiger partial charge in [-0.25, -0.2) is 4.79 Å². The number of hydrogen-bond acceptors (Lipinski definition) is 3. The molecule has 4 heteroatoms. The van der Waals surface area contributed by atoms with Crippen LogP contribution in [0.4, 0.5) is 4.79 Å². The molecule has 0 bridgehead atoms. The Morgan fingerprint density at radius 1 is 1.12 bits per heavy atom. The summed E-state index contributed by atoms with van der Waals surface area (Å²) in [6.07, 6.45) is 1.18. The molecule has 1 aliphatic rings. The van der Waals surface area contributed by atoms with Gasteiger partial charge in [-0.2, -0.15) is 0 Å². The largest absolute Gasteiger partial charge is 0.449 e. The van der Waals surface area contributed by atoms with Gasteiger partial charge in [-0.1, -0.05) is 62.4 Å². The lowest BCUT2D eigenvalue weighted by Crippen LogP contribution is -2.37. The predicted molar refractivity (Wildman–Crippen MR) is 103 cm³/mol. The van der Waals surface area contributed by atoms with Crippen molar-refractivity contribution >= 4 is 6.09 Å². The highest BCUT2D eigenvalue weighted by Crippen LogP contribution is 2.44. The van der Waals surface area contributed by atoms with Gasteiger partial charge in [-0.15, -0.1) is 0 Å². The fraction of sp³-hybridized carbons (Fsp3) is 0.409. The Balaban J connectivity index is 1.65. The Morgan fingerprint density at radius 2 is 1.69 bits per heavy atom. The number of carbonyl (C=O) groups excluding carboxylic acids is 1. The maximum Gasteiger partial charge on any atom is 0.407 e. The number of nitrogens with one attached hydrogen (secondary N) is 1. The topological polar surface area (TPSA) is 58.6 Å². The number of aliphatic hydroxyl groups is 1. The minimum Gasteiger partial charge on any atom is -0.449 e. The molecule has 2 aromatic carbocycles. The number of ether oxygens (including phenoxy) is 1. The van der Waals surface area contributed by atoms with Crippen LogP contribution in [-0.4, -0.2) is 30.5 Å². The number of hydrogen-bond donors (Lipinski definition) is 2. The molecule has 26 heavy (non-hydrogen) atoms. The van der Waals surface area contributed by atoms with Crippen LogP contribution >= 0.6 is 0 Å². The molecule has 0 aliphatic heterocycles. The zero-order chi connectivity index (χ0) is 18.5. The Morgan fingerprint density at radius 3 is 2.23 bits per heavy atom. The molecule has 0 saturated heterocycles. The van der Waals surface area contributed by atoms with E-state index in [9.17, 15) is 9.90 Å². The third-order valence-electron chi connectivity index (χ3n) is 5.16. The van der Waals surface area contributed by atoms with E-state index in [4.69, 9.17) is 4.74 Å². The first-order valence-electron chi connectivity index (χ1n) is 9.36. The predicted octanol–water partition coefficient (Wildman–Crippen LogP) is 4.32. The zero-order valence-electron chi connectivity index (χ0n) is 15.4. The van der Waals surface area contributed by atoms with Gasteiger partial charge in [-0.05, 0) is 41.0 Å². The second kappa shape index (κ2) is 8.37. The highest BCUT2D eigenvalue weighted by molar-refractivity contribution is 5.79. The number of alkyl carbamates (subject to hydrolysis) is 1. The summed E-state index contributed by atoms with van der Waals surface area (Å²) >= 11 is 0. The van der Waals surface area contributed by atoms with Crippen LogP contribution in [0.2, 0.25) is 0 Å². The second-order valence-electron chi connectivity index (χ2n) is 7.10. The number of rotatable bonds is 7. The van der Waals surface area contributed by atoms with Crippen LogP contribution < -0.4 is 5.32 Å². The van der Waals surface area contributed by atoms with Crippen molar-refractivity contribution in [2.45, 2.75) is 38.6 Å². The molecule has 1 amide bonds. The van der Waals surface area contributed by atoms with Crippen LogP contribution in [0.5, 0.6) is 0 Å². The second-order valence-corrected chi connectivity index (χ2v) is 7.10. The summed E-state index contributed by atoms with van der Waals surface area (Å²) in [6.45, 7) is 4.45. The average molecular weight is 353 g/mol. The molecule has 1 aliphatic carbocycles. The van der Waals surface area contributed by atoms with Gasteiger partial charge in [0, 0.05) is 18.6 Å². The van der Waals surface area contributed by atoms with Crippen LogP contribution in [0.1, 0.15) is 43.7 Å². The van der Waals surface area contributed by atoms with E-state index >= 15 is 0 Å². The van der Waals surface area contributed by atoms with Gasteiger partial charge in [0.15, 0.2) is 0 Å². The number of amides is 1. The molecule has 0 saturated carbocycles. The van der Waals surface area contributed by atoms with Gasteiger partial charge in [0.05, 0.1) is 0 Å². The summed E-state index contributed by atoms with van der Waals surface area (Å²) < 4.78 is 5.57.